The molecule has 1 aromatic carbocycles. The third kappa shape index (κ3) is 3.03. The lowest BCUT2D eigenvalue weighted by Gasteiger charge is -2.41. The summed E-state index contributed by atoms with van der Waals surface area (Å²) in [6.45, 7) is 1.82. The average molecular weight is 333 g/mol. The van der Waals surface area contributed by atoms with E-state index in [1.807, 2.05) is 16.8 Å². The Labute approximate surface area is 139 Å². The first-order valence-electron chi connectivity index (χ1n) is 7.73. The zero-order valence-electron chi connectivity index (χ0n) is 13.0. The van der Waals surface area contributed by atoms with Gasteiger partial charge in [0.05, 0.1) is 12.0 Å². The fraction of sp³-hybridized carbons (Fsp3) is 0.389. The van der Waals surface area contributed by atoms with E-state index in [4.69, 9.17) is 0 Å². The van der Waals surface area contributed by atoms with E-state index in [9.17, 15) is 14.3 Å². The van der Waals surface area contributed by atoms with Crippen molar-refractivity contribution in [3.63, 3.8) is 0 Å². The molecule has 2 aromatic rings. The van der Waals surface area contributed by atoms with Gasteiger partial charge in [0.25, 0.3) is 0 Å². The van der Waals surface area contributed by atoms with Crippen LogP contribution in [0.3, 0.4) is 0 Å². The second-order valence-corrected chi connectivity index (χ2v) is 7.19. The summed E-state index contributed by atoms with van der Waals surface area (Å²) in [6.07, 6.45) is 2.37. The molecule has 1 aliphatic rings. The molecular weight excluding hydrogens is 313 g/mol. The molecule has 1 amide bonds. The zero-order valence-corrected chi connectivity index (χ0v) is 13.8. The Kier molecular flexibility index (Phi) is 4.25. The maximum Gasteiger partial charge on any atom is 0.230 e. The van der Waals surface area contributed by atoms with E-state index in [1.54, 1.807) is 19.1 Å². The van der Waals surface area contributed by atoms with Gasteiger partial charge in [0.1, 0.15) is 11.4 Å². The fourth-order valence-corrected chi connectivity index (χ4v) is 3.84. The van der Waals surface area contributed by atoms with Gasteiger partial charge in [-0.05, 0) is 59.9 Å². The average Bonchev–Trinajstić information content (AvgIpc) is 2.99. The topological polar surface area (TPSA) is 49.3 Å². The smallest absolute Gasteiger partial charge is 0.230 e. The quantitative estimate of drug-likeness (QED) is 0.882. The van der Waals surface area contributed by atoms with Gasteiger partial charge in [-0.15, -0.1) is 0 Å². The monoisotopic (exact) mass is 333 g/mol. The highest BCUT2D eigenvalue weighted by Crippen LogP contribution is 2.44. The minimum absolute atomic E-state index is 0.134. The third-order valence-corrected chi connectivity index (χ3v) is 5.44. The molecule has 3 nitrogen and oxygen atoms in total. The minimum atomic E-state index is -1.11. The van der Waals surface area contributed by atoms with Crippen LogP contribution in [0.2, 0.25) is 0 Å². The fourth-order valence-electron chi connectivity index (χ4n) is 3.06. The number of rotatable bonds is 5. The normalized spacial score (nSPS) is 18.7. The minimum Gasteiger partial charge on any atom is -0.384 e. The number of amides is 1. The molecule has 1 atom stereocenters. The van der Waals surface area contributed by atoms with Crippen LogP contribution in [-0.2, 0) is 15.8 Å². The van der Waals surface area contributed by atoms with Crippen molar-refractivity contribution in [3.05, 3.63) is 58.0 Å². The van der Waals surface area contributed by atoms with Gasteiger partial charge in [0.2, 0.25) is 5.91 Å². The highest BCUT2D eigenvalue weighted by molar-refractivity contribution is 7.08. The molecule has 0 spiro atoms. The second-order valence-electron chi connectivity index (χ2n) is 6.41. The largest absolute Gasteiger partial charge is 0.384 e. The van der Waals surface area contributed by atoms with Crippen LogP contribution in [0, 0.1) is 5.82 Å². The molecule has 1 aromatic heterocycles. The Morgan fingerprint density at radius 3 is 2.78 bits per heavy atom. The first-order valence-corrected chi connectivity index (χ1v) is 8.68. The van der Waals surface area contributed by atoms with E-state index >= 15 is 0 Å². The van der Waals surface area contributed by atoms with Gasteiger partial charge in [0.15, 0.2) is 0 Å². The standard InChI is InChI=1S/C18H20FNO2S/c1-17(22,14-6-9-23-11-14)12-20-16(21)18(7-3-8-18)13-4-2-5-15(19)10-13/h2,4-6,9-11,22H,3,7-8,12H2,1H3,(H,20,21). The maximum atomic E-state index is 13.5. The van der Waals surface area contributed by atoms with E-state index in [2.05, 4.69) is 5.32 Å². The number of hydrogen-bond donors (Lipinski definition) is 2. The molecule has 1 fully saturated rings. The van der Waals surface area contributed by atoms with E-state index in [1.165, 1.54) is 23.5 Å². The molecule has 1 heterocycles. The second kappa shape index (κ2) is 6.06. The van der Waals surface area contributed by atoms with Gasteiger partial charge in [-0.1, -0.05) is 18.6 Å². The molecule has 1 saturated carbocycles. The summed E-state index contributed by atoms with van der Waals surface area (Å²) >= 11 is 1.51. The van der Waals surface area contributed by atoms with Crippen molar-refractivity contribution in [2.24, 2.45) is 0 Å². The molecule has 2 N–H and O–H groups in total. The summed E-state index contributed by atoms with van der Waals surface area (Å²) in [6, 6.07) is 8.12. The van der Waals surface area contributed by atoms with Gasteiger partial charge in [-0.3, -0.25) is 4.79 Å². The van der Waals surface area contributed by atoms with Crippen molar-refractivity contribution >= 4 is 17.2 Å². The lowest BCUT2D eigenvalue weighted by atomic mass is 9.63. The van der Waals surface area contributed by atoms with Crippen molar-refractivity contribution in [3.8, 4) is 0 Å². The van der Waals surface area contributed by atoms with Gasteiger partial charge >= 0.3 is 0 Å². The Morgan fingerprint density at radius 2 is 2.22 bits per heavy atom. The molecule has 1 aliphatic carbocycles. The molecule has 0 aliphatic heterocycles. The molecular formula is C18H20FNO2S. The van der Waals surface area contributed by atoms with Crippen molar-refractivity contribution in [1.29, 1.82) is 0 Å². The van der Waals surface area contributed by atoms with Crippen LogP contribution >= 0.6 is 11.3 Å². The van der Waals surface area contributed by atoms with Crippen molar-refractivity contribution in [2.45, 2.75) is 37.2 Å². The number of thiophene rings is 1. The van der Waals surface area contributed by atoms with Crippen LogP contribution in [0.25, 0.3) is 0 Å². The molecule has 0 radical (unpaired) electrons. The summed E-state index contributed by atoms with van der Waals surface area (Å²) in [5.41, 5.74) is -0.261. The number of aliphatic hydroxyl groups is 1. The lowest BCUT2D eigenvalue weighted by Crippen LogP contribution is -2.52. The molecule has 0 bridgehead atoms. The number of hydrogen-bond acceptors (Lipinski definition) is 3. The van der Waals surface area contributed by atoms with Crippen molar-refractivity contribution in [1.82, 2.24) is 5.32 Å². The molecule has 3 rings (SSSR count). The van der Waals surface area contributed by atoms with Crippen LogP contribution in [0.5, 0.6) is 0 Å². The van der Waals surface area contributed by atoms with Gasteiger partial charge in [-0.25, -0.2) is 4.39 Å². The Hall–Kier alpha value is -1.72. The highest BCUT2D eigenvalue weighted by atomic mass is 32.1. The van der Waals surface area contributed by atoms with E-state index in [0.717, 1.165) is 17.5 Å². The molecule has 23 heavy (non-hydrogen) atoms. The van der Waals surface area contributed by atoms with Crippen molar-refractivity contribution < 1.29 is 14.3 Å². The number of carbonyl (C=O) groups is 1. The van der Waals surface area contributed by atoms with Crippen LogP contribution in [0.15, 0.2) is 41.1 Å². The van der Waals surface area contributed by atoms with E-state index in [-0.39, 0.29) is 18.3 Å². The first-order chi connectivity index (χ1) is 10.9. The number of benzene rings is 1. The first kappa shape index (κ1) is 16.1. The molecule has 0 saturated heterocycles. The lowest BCUT2D eigenvalue weighted by molar-refractivity contribution is -0.131. The van der Waals surface area contributed by atoms with Gasteiger partial charge in [-0.2, -0.15) is 11.3 Å². The predicted molar refractivity (Wildman–Crippen MR) is 88.8 cm³/mol. The van der Waals surface area contributed by atoms with Crippen LogP contribution in [0.4, 0.5) is 4.39 Å². The third-order valence-electron chi connectivity index (χ3n) is 4.76. The summed E-state index contributed by atoms with van der Waals surface area (Å²) in [5, 5.41) is 17.2. The summed E-state index contributed by atoms with van der Waals surface area (Å²) in [4.78, 5) is 12.7. The zero-order chi connectivity index (χ0) is 16.5. The Balaban J connectivity index is 1.74. The summed E-state index contributed by atoms with van der Waals surface area (Å²) < 4.78 is 13.5. The summed E-state index contributed by atoms with van der Waals surface area (Å²) in [7, 11) is 0. The molecule has 1 unspecified atom stereocenters. The van der Waals surface area contributed by atoms with Crippen molar-refractivity contribution in [2.75, 3.05) is 6.54 Å². The number of halogens is 1. The molecule has 122 valence electrons. The number of carbonyl (C=O) groups excluding carboxylic acids is 1. The van der Waals surface area contributed by atoms with E-state index < -0.39 is 11.0 Å². The predicted octanol–water partition coefficient (Wildman–Crippen LogP) is 3.33. The highest BCUT2D eigenvalue weighted by Gasteiger charge is 2.46. The Bertz CT molecular complexity index is 693. The number of nitrogens with one attached hydrogen (secondary N) is 1. The van der Waals surface area contributed by atoms with Crippen LogP contribution in [0.1, 0.15) is 37.3 Å². The van der Waals surface area contributed by atoms with Gasteiger partial charge in [0, 0.05) is 0 Å². The van der Waals surface area contributed by atoms with E-state index in [0.29, 0.717) is 12.8 Å². The van der Waals surface area contributed by atoms with Crippen LogP contribution < -0.4 is 5.32 Å². The maximum absolute atomic E-state index is 13.5. The molecule has 5 heteroatoms. The van der Waals surface area contributed by atoms with Crippen LogP contribution in [-0.4, -0.2) is 17.6 Å². The SMILES string of the molecule is CC(O)(CNC(=O)C1(c2cccc(F)c2)CCC1)c1ccsc1. The summed E-state index contributed by atoms with van der Waals surface area (Å²) in [5.74, 6) is -0.461. The Morgan fingerprint density at radius 1 is 1.43 bits per heavy atom. The van der Waals surface area contributed by atoms with Gasteiger partial charge < -0.3 is 10.4 Å².